The first-order valence-corrected chi connectivity index (χ1v) is 9.14. The van der Waals surface area contributed by atoms with Crippen molar-refractivity contribution in [1.82, 2.24) is 19.7 Å². The van der Waals surface area contributed by atoms with E-state index in [0.29, 0.717) is 18.3 Å². The molecule has 0 unspecified atom stereocenters. The number of benzene rings is 1. The number of nitrogens with zero attached hydrogens (tertiary/aromatic N) is 4. The highest BCUT2D eigenvalue weighted by Crippen LogP contribution is 2.37. The van der Waals surface area contributed by atoms with Crippen LogP contribution in [0.25, 0.3) is 11.0 Å². The van der Waals surface area contributed by atoms with Gasteiger partial charge in [-0.2, -0.15) is 16.7 Å². The average molecular weight is 366 g/mol. The summed E-state index contributed by atoms with van der Waals surface area (Å²) in [6.07, 6.45) is 5.06. The third kappa shape index (κ3) is 2.92. The molecule has 1 saturated carbocycles. The Bertz CT molecular complexity index is 842. The van der Waals surface area contributed by atoms with Crippen LogP contribution in [-0.2, 0) is 17.8 Å². The molecule has 0 saturated heterocycles. The largest absolute Gasteiger partial charge is 0.337 e. The lowest BCUT2D eigenvalue weighted by atomic mass is 9.77. The van der Waals surface area contributed by atoms with Crippen LogP contribution in [0.1, 0.15) is 36.8 Å². The van der Waals surface area contributed by atoms with E-state index in [1.165, 1.54) is 0 Å². The zero-order valence-corrected chi connectivity index (χ0v) is 15.1. The summed E-state index contributed by atoms with van der Waals surface area (Å²) in [5, 5.41) is 4.10. The highest BCUT2D eigenvalue weighted by atomic mass is 35.5. The molecule has 0 aliphatic heterocycles. The van der Waals surface area contributed by atoms with Gasteiger partial charge in [-0.3, -0.25) is 0 Å². The minimum absolute atomic E-state index is 0. The second-order valence-corrected chi connectivity index (χ2v) is 6.92. The SMILES string of the molecule is CSCc1nc2ccccc2n1Cc1nc(C2(N)CCC2)no1.Cl. The number of hydrogen-bond donors (Lipinski definition) is 1. The predicted molar refractivity (Wildman–Crippen MR) is 97.3 cm³/mol. The molecule has 0 atom stereocenters. The highest BCUT2D eigenvalue weighted by Gasteiger charge is 2.39. The Morgan fingerprint density at radius 1 is 1.29 bits per heavy atom. The minimum Gasteiger partial charge on any atom is -0.337 e. The molecule has 1 aliphatic carbocycles. The number of para-hydroxylation sites is 2. The third-order valence-electron chi connectivity index (χ3n) is 4.46. The van der Waals surface area contributed by atoms with Gasteiger partial charge in [-0.25, -0.2) is 4.98 Å². The third-order valence-corrected chi connectivity index (χ3v) is 5.01. The number of aromatic nitrogens is 4. The van der Waals surface area contributed by atoms with Crippen LogP contribution < -0.4 is 5.73 Å². The molecular weight excluding hydrogens is 346 g/mol. The maximum atomic E-state index is 6.27. The summed E-state index contributed by atoms with van der Waals surface area (Å²) in [4.78, 5) is 9.24. The monoisotopic (exact) mass is 365 g/mol. The van der Waals surface area contributed by atoms with E-state index in [1.54, 1.807) is 11.8 Å². The van der Waals surface area contributed by atoms with Gasteiger partial charge in [0.05, 0.1) is 22.3 Å². The van der Waals surface area contributed by atoms with E-state index >= 15 is 0 Å². The van der Waals surface area contributed by atoms with Gasteiger partial charge >= 0.3 is 0 Å². The van der Waals surface area contributed by atoms with E-state index in [0.717, 1.165) is 41.9 Å². The minimum atomic E-state index is -0.388. The molecule has 2 aromatic heterocycles. The van der Waals surface area contributed by atoms with Crippen molar-refractivity contribution < 1.29 is 4.52 Å². The number of fused-ring (bicyclic) bond motifs is 1. The van der Waals surface area contributed by atoms with E-state index in [-0.39, 0.29) is 17.9 Å². The van der Waals surface area contributed by atoms with Gasteiger partial charge in [0.1, 0.15) is 12.4 Å². The molecule has 128 valence electrons. The second kappa shape index (κ2) is 6.74. The summed E-state index contributed by atoms with van der Waals surface area (Å²) in [6, 6.07) is 8.12. The Hall–Kier alpha value is -1.57. The number of thioether (sulfide) groups is 1. The maximum Gasteiger partial charge on any atom is 0.246 e. The van der Waals surface area contributed by atoms with Crippen molar-refractivity contribution in [2.45, 2.75) is 37.1 Å². The lowest BCUT2D eigenvalue weighted by Gasteiger charge is -2.34. The second-order valence-electron chi connectivity index (χ2n) is 6.06. The molecule has 0 spiro atoms. The summed E-state index contributed by atoms with van der Waals surface area (Å²) in [5.74, 6) is 3.08. The number of halogens is 1. The number of hydrogen-bond acceptors (Lipinski definition) is 6. The van der Waals surface area contributed by atoms with Crippen LogP contribution in [0.15, 0.2) is 28.8 Å². The van der Waals surface area contributed by atoms with Crippen LogP contribution >= 0.6 is 24.2 Å². The van der Waals surface area contributed by atoms with Crippen LogP contribution in [0.4, 0.5) is 0 Å². The van der Waals surface area contributed by atoms with E-state index in [4.69, 9.17) is 15.2 Å². The average Bonchev–Trinajstić information content (AvgIpc) is 3.12. The summed E-state index contributed by atoms with van der Waals surface area (Å²) in [6.45, 7) is 0.527. The van der Waals surface area contributed by atoms with Crippen molar-refractivity contribution in [3.8, 4) is 0 Å². The molecule has 0 radical (unpaired) electrons. The molecule has 1 aromatic carbocycles. The zero-order valence-electron chi connectivity index (χ0n) is 13.4. The van der Waals surface area contributed by atoms with Crippen molar-refractivity contribution in [1.29, 1.82) is 0 Å². The molecule has 3 aromatic rings. The van der Waals surface area contributed by atoms with E-state index < -0.39 is 0 Å². The predicted octanol–water partition coefficient (Wildman–Crippen LogP) is 3.09. The van der Waals surface area contributed by atoms with Crippen LogP contribution in [-0.4, -0.2) is 25.9 Å². The van der Waals surface area contributed by atoms with Crippen LogP contribution in [0.5, 0.6) is 0 Å². The van der Waals surface area contributed by atoms with Gasteiger partial charge in [0.25, 0.3) is 0 Å². The molecule has 4 rings (SSSR count). The standard InChI is InChI=1S/C16H19N5OS.ClH/c1-23-10-13-18-11-5-2-3-6-12(11)21(13)9-14-19-15(20-22-14)16(17)7-4-8-16;/h2-3,5-6H,4,7-10,17H2,1H3;1H. The fraction of sp³-hybridized carbons (Fsp3) is 0.438. The first-order valence-electron chi connectivity index (χ1n) is 7.75. The molecule has 2 N–H and O–H groups in total. The fourth-order valence-electron chi connectivity index (χ4n) is 2.98. The Labute approximate surface area is 150 Å². The van der Waals surface area contributed by atoms with Crippen molar-refractivity contribution in [2.24, 2.45) is 5.73 Å². The Kier molecular flexibility index (Phi) is 4.85. The molecule has 24 heavy (non-hydrogen) atoms. The van der Waals surface area contributed by atoms with Crippen molar-refractivity contribution in [2.75, 3.05) is 6.26 Å². The summed E-state index contributed by atoms with van der Waals surface area (Å²) < 4.78 is 7.59. The Morgan fingerprint density at radius 2 is 2.08 bits per heavy atom. The van der Waals surface area contributed by atoms with Crippen molar-refractivity contribution in [3.63, 3.8) is 0 Å². The highest BCUT2D eigenvalue weighted by molar-refractivity contribution is 7.97. The van der Waals surface area contributed by atoms with Gasteiger partial charge in [-0.15, -0.1) is 12.4 Å². The molecular formula is C16H20ClN5OS. The first-order chi connectivity index (χ1) is 11.2. The van der Waals surface area contributed by atoms with Gasteiger partial charge in [0.2, 0.25) is 5.89 Å². The van der Waals surface area contributed by atoms with Gasteiger partial charge < -0.3 is 14.8 Å². The van der Waals surface area contributed by atoms with Crippen LogP contribution in [0, 0.1) is 0 Å². The number of nitrogens with two attached hydrogens (primary N) is 1. The zero-order chi connectivity index (χ0) is 15.9. The smallest absolute Gasteiger partial charge is 0.246 e. The molecule has 2 heterocycles. The van der Waals surface area contributed by atoms with E-state index in [1.807, 2.05) is 18.2 Å². The molecule has 6 nitrogen and oxygen atoms in total. The van der Waals surface area contributed by atoms with Crippen molar-refractivity contribution >= 4 is 35.2 Å². The van der Waals surface area contributed by atoms with Crippen LogP contribution in [0.2, 0.25) is 0 Å². The van der Waals surface area contributed by atoms with Gasteiger partial charge in [-0.05, 0) is 37.7 Å². The van der Waals surface area contributed by atoms with Gasteiger partial charge in [0, 0.05) is 0 Å². The summed E-state index contributed by atoms with van der Waals surface area (Å²) >= 11 is 1.75. The van der Waals surface area contributed by atoms with Gasteiger partial charge in [-0.1, -0.05) is 17.3 Å². The number of rotatable bonds is 5. The quantitative estimate of drug-likeness (QED) is 0.748. The van der Waals surface area contributed by atoms with E-state index in [9.17, 15) is 0 Å². The molecule has 8 heteroatoms. The molecule has 0 amide bonds. The van der Waals surface area contributed by atoms with E-state index in [2.05, 4.69) is 27.0 Å². The summed E-state index contributed by atoms with van der Waals surface area (Å²) in [5.41, 5.74) is 7.96. The Balaban J connectivity index is 0.00000169. The van der Waals surface area contributed by atoms with Gasteiger partial charge in [0.15, 0.2) is 5.82 Å². The molecule has 1 fully saturated rings. The Morgan fingerprint density at radius 3 is 2.79 bits per heavy atom. The van der Waals surface area contributed by atoms with Crippen LogP contribution in [0.3, 0.4) is 0 Å². The first kappa shape index (κ1) is 17.3. The summed E-state index contributed by atoms with van der Waals surface area (Å²) in [7, 11) is 0. The molecule has 0 bridgehead atoms. The van der Waals surface area contributed by atoms with Crippen molar-refractivity contribution in [3.05, 3.63) is 41.8 Å². The maximum absolute atomic E-state index is 6.27. The fourth-order valence-corrected chi connectivity index (χ4v) is 3.46. The number of imidazole rings is 1. The lowest BCUT2D eigenvalue weighted by Crippen LogP contribution is -2.44. The topological polar surface area (TPSA) is 82.8 Å². The normalized spacial score (nSPS) is 15.9. The molecule has 1 aliphatic rings. The lowest BCUT2D eigenvalue weighted by molar-refractivity contribution is 0.229.